The Hall–Kier alpha value is -1.18. The van der Waals surface area contributed by atoms with E-state index in [-0.39, 0.29) is 29.6 Å². The van der Waals surface area contributed by atoms with Crippen LogP contribution >= 0.6 is 11.6 Å². The van der Waals surface area contributed by atoms with Crippen molar-refractivity contribution >= 4 is 27.5 Å². The maximum absolute atomic E-state index is 11.6. The van der Waals surface area contributed by atoms with E-state index in [0.717, 1.165) is 0 Å². The number of sulfonamides is 1. The zero-order chi connectivity index (χ0) is 12.9. The van der Waals surface area contributed by atoms with Crippen LogP contribution in [-0.2, 0) is 10.0 Å². The van der Waals surface area contributed by atoms with Crippen molar-refractivity contribution in [2.24, 2.45) is 5.14 Å². The van der Waals surface area contributed by atoms with E-state index in [1.54, 1.807) is 0 Å². The molecule has 0 aliphatic rings. The number of pyridine rings is 1. The van der Waals surface area contributed by atoms with Crippen LogP contribution in [-0.4, -0.2) is 31.6 Å². The number of hydrogen-bond acceptors (Lipinski definition) is 4. The zero-order valence-corrected chi connectivity index (χ0v) is 10.5. The first-order chi connectivity index (χ1) is 7.90. The first-order valence-corrected chi connectivity index (χ1v) is 6.87. The molecule has 1 aromatic rings. The van der Waals surface area contributed by atoms with E-state index in [4.69, 9.17) is 16.7 Å². The third-order valence-corrected chi connectivity index (χ3v) is 3.07. The topological polar surface area (TPSA) is 102 Å². The summed E-state index contributed by atoms with van der Waals surface area (Å²) in [5.74, 6) is -0.538. The van der Waals surface area contributed by atoms with Gasteiger partial charge in [0.05, 0.1) is 16.3 Å². The number of hydrogen-bond donors (Lipinski definition) is 2. The number of nitrogens with two attached hydrogens (primary N) is 1. The summed E-state index contributed by atoms with van der Waals surface area (Å²) in [6.45, 7) is 0.216. The van der Waals surface area contributed by atoms with Crippen molar-refractivity contribution in [3.63, 3.8) is 0 Å². The monoisotopic (exact) mass is 277 g/mol. The lowest BCUT2D eigenvalue weighted by molar-refractivity contribution is 0.0953. The quantitative estimate of drug-likeness (QED) is 0.748. The Kier molecular flexibility index (Phi) is 4.86. The first-order valence-electron chi connectivity index (χ1n) is 4.78. The van der Waals surface area contributed by atoms with E-state index >= 15 is 0 Å². The maximum atomic E-state index is 11.6. The van der Waals surface area contributed by atoms with E-state index < -0.39 is 10.0 Å². The van der Waals surface area contributed by atoms with Crippen LogP contribution in [0.1, 0.15) is 16.8 Å². The summed E-state index contributed by atoms with van der Waals surface area (Å²) < 4.78 is 21.3. The third kappa shape index (κ3) is 5.12. The highest BCUT2D eigenvalue weighted by molar-refractivity contribution is 7.89. The number of carbonyl (C=O) groups is 1. The van der Waals surface area contributed by atoms with E-state index in [1.807, 2.05) is 0 Å². The van der Waals surface area contributed by atoms with Crippen molar-refractivity contribution in [2.45, 2.75) is 6.42 Å². The standard InChI is InChI=1S/C9H12ClN3O3S/c10-8-6-12-4-2-7(8)9(14)13-3-1-5-17(11,15)16/h2,4,6H,1,3,5H2,(H,13,14)(H2,11,15,16). The molecule has 1 amide bonds. The van der Waals surface area contributed by atoms with Crippen molar-refractivity contribution in [1.82, 2.24) is 10.3 Å². The van der Waals surface area contributed by atoms with Gasteiger partial charge in [-0.2, -0.15) is 0 Å². The molecule has 1 aromatic heterocycles. The van der Waals surface area contributed by atoms with Crippen molar-refractivity contribution in [1.29, 1.82) is 0 Å². The van der Waals surface area contributed by atoms with Gasteiger partial charge in [0, 0.05) is 18.9 Å². The summed E-state index contributed by atoms with van der Waals surface area (Å²) in [5, 5.41) is 7.61. The van der Waals surface area contributed by atoms with Crippen LogP contribution in [0.3, 0.4) is 0 Å². The van der Waals surface area contributed by atoms with E-state index in [9.17, 15) is 13.2 Å². The minimum absolute atomic E-state index is 0.169. The molecule has 0 unspecified atom stereocenters. The Bertz CT molecular complexity index is 504. The van der Waals surface area contributed by atoms with Gasteiger partial charge in [0.1, 0.15) is 0 Å². The lowest BCUT2D eigenvalue weighted by Gasteiger charge is -2.05. The molecule has 8 heteroatoms. The Morgan fingerprint density at radius 1 is 1.53 bits per heavy atom. The van der Waals surface area contributed by atoms with Gasteiger partial charge in [-0.25, -0.2) is 13.6 Å². The molecule has 94 valence electrons. The summed E-state index contributed by atoms with van der Waals surface area (Å²) in [7, 11) is -3.48. The molecule has 0 saturated heterocycles. The Morgan fingerprint density at radius 3 is 2.82 bits per heavy atom. The third-order valence-electron chi connectivity index (χ3n) is 1.91. The number of aromatic nitrogens is 1. The summed E-state index contributed by atoms with van der Waals surface area (Å²) in [5.41, 5.74) is 0.303. The highest BCUT2D eigenvalue weighted by Crippen LogP contribution is 2.12. The predicted molar refractivity (Wildman–Crippen MR) is 64.2 cm³/mol. The number of rotatable bonds is 5. The molecule has 1 rings (SSSR count). The summed E-state index contributed by atoms with van der Waals surface area (Å²) in [6, 6.07) is 1.48. The molecule has 0 fully saturated rings. The number of amides is 1. The molecule has 0 spiro atoms. The molecule has 0 aliphatic heterocycles. The highest BCUT2D eigenvalue weighted by atomic mass is 35.5. The summed E-state index contributed by atoms with van der Waals surface area (Å²) in [6.07, 6.45) is 3.07. The molecule has 0 saturated carbocycles. The summed E-state index contributed by atoms with van der Waals surface area (Å²) >= 11 is 5.77. The minimum Gasteiger partial charge on any atom is -0.352 e. The van der Waals surface area contributed by atoms with E-state index in [2.05, 4.69) is 10.3 Å². The van der Waals surface area contributed by atoms with Crippen molar-refractivity contribution in [3.8, 4) is 0 Å². The molecule has 1 heterocycles. The van der Waals surface area contributed by atoms with Crippen LogP contribution in [0.25, 0.3) is 0 Å². The molecule has 0 aromatic carbocycles. The van der Waals surface area contributed by atoms with Crippen LogP contribution < -0.4 is 10.5 Å². The minimum atomic E-state index is -3.48. The molecular formula is C9H12ClN3O3S. The smallest absolute Gasteiger partial charge is 0.252 e. The maximum Gasteiger partial charge on any atom is 0.252 e. The second kappa shape index (κ2) is 5.95. The normalized spacial score (nSPS) is 11.2. The molecular weight excluding hydrogens is 266 g/mol. The van der Waals surface area contributed by atoms with Crippen molar-refractivity contribution in [2.75, 3.05) is 12.3 Å². The average molecular weight is 278 g/mol. The van der Waals surface area contributed by atoms with Gasteiger partial charge >= 0.3 is 0 Å². The lowest BCUT2D eigenvalue weighted by Crippen LogP contribution is -2.27. The predicted octanol–water partition coefficient (Wildman–Crippen LogP) is 0.143. The van der Waals surface area contributed by atoms with Gasteiger partial charge in [-0.1, -0.05) is 11.6 Å². The molecule has 0 aliphatic carbocycles. The first kappa shape index (κ1) is 13.9. The van der Waals surface area contributed by atoms with Gasteiger partial charge in [0.15, 0.2) is 0 Å². The van der Waals surface area contributed by atoms with Crippen LogP contribution in [0.5, 0.6) is 0 Å². The SMILES string of the molecule is NS(=O)(=O)CCCNC(=O)c1ccncc1Cl. The number of halogens is 1. The van der Waals surface area contributed by atoms with Crippen LogP contribution in [0, 0.1) is 0 Å². The second-order valence-electron chi connectivity index (χ2n) is 3.33. The largest absolute Gasteiger partial charge is 0.352 e. The molecule has 6 nitrogen and oxygen atoms in total. The fraction of sp³-hybridized carbons (Fsp3) is 0.333. The zero-order valence-electron chi connectivity index (χ0n) is 8.89. The Morgan fingerprint density at radius 2 is 2.24 bits per heavy atom. The fourth-order valence-corrected chi connectivity index (χ4v) is 1.88. The van der Waals surface area contributed by atoms with Crippen LogP contribution in [0.2, 0.25) is 5.02 Å². The van der Waals surface area contributed by atoms with Gasteiger partial charge in [-0.15, -0.1) is 0 Å². The van der Waals surface area contributed by atoms with Gasteiger partial charge in [-0.05, 0) is 12.5 Å². The number of nitrogens with one attached hydrogen (secondary N) is 1. The van der Waals surface area contributed by atoms with Gasteiger partial charge in [-0.3, -0.25) is 9.78 Å². The second-order valence-corrected chi connectivity index (χ2v) is 5.47. The van der Waals surface area contributed by atoms with E-state index in [1.165, 1.54) is 18.5 Å². The fourth-order valence-electron chi connectivity index (χ4n) is 1.13. The van der Waals surface area contributed by atoms with Gasteiger partial charge < -0.3 is 5.32 Å². The molecule has 0 radical (unpaired) electrons. The van der Waals surface area contributed by atoms with Crippen molar-refractivity contribution in [3.05, 3.63) is 29.0 Å². The number of primary sulfonamides is 1. The Labute approximate surface area is 104 Å². The Balaban J connectivity index is 2.44. The number of nitrogens with zero attached hydrogens (tertiary/aromatic N) is 1. The van der Waals surface area contributed by atoms with Crippen molar-refractivity contribution < 1.29 is 13.2 Å². The summed E-state index contributed by atoms with van der Waals surface area (Å²) in [4.78, 5) is 15.3. The number of carbonyl (C=O) groups excluding carboxylic acids is 1. The van der Waals surface area contributed by atoms with E-state index in [0.29, 0.717) is 5.56 Å². The molecule has 0 bridgehead atoms. The highest BCUT2D eigenvalue weighted by Gasteiger charge is 2.09. The van der Waals surface area contributed by atoms with Gasteiger partial charge in [0.2, 0.25) is 10.0 Å². The van der Waals surface area contributed by atoms with Crippen LogP contribution in [0.15, 0.2) is 18.5 Å². The lowest BCUT2D eigenvalue weighted by atomic mass is 10.2. The van der Waals surface area contributed by atoms with Crippen LogP contribution in [0.4, 0.5) is 0 Å². The average Bonchev–Trinajstić information content (AvgIpc) is 2.23. The van der Waals surface area contributed by atoms with Gasteiger partial charge in [0.25, 0.3) is 5.91 Å². The molecule has 0 atom stereocenters. The molecule has 3 N–H and O–H groups in total. The molecule has 17 heavy (non-hydrogen) atoms.